The van der Waals surface area contributed by atoms with E-state index in [-0.39, 0.29) is 13.1 Å². The Hall–Kier alpha value is -5.64. The lowest BCUT2D eigenvalue weighted by atomic mass is 9.55. The third-order valence-electron chi connectivity index (χ3n) is 8.27. The predicted molar refractivity (Wildman–Crippen MR) is 172 cm³/mol. The van der Waals surface area contributed by atoms with E-state index in [0.29, 0.717) is 23.0 Å². The zero-order valence-corrected chi connectivity index (χ0v) is 26.3. The first kappa shape index (κ1) is 32.7. The standard InChI is InChI=1S/C37H36N2O8/c1-38(22-24-14-18-28(19-15-24)46-26-10-6-4-7-11-26)34(40)30-31(33(37(44)45-3)32(30)36(42)43)35(41)39(2)23-25-16-20-29(21-17-25)47-27-12-8-5-9-13-27/h4-21,30-33H,22-23H2,1-3H3,(H,42,43). The molecule has 4 atom stereocenters. The largest absolute Gasteiger partial charge is 0.481 e. The van der Waals surface area contributed by atoms with Crippen LogP contribution in [0.1, 0.15) is 11.1 Å². The van der Waals surface area contributed by atoms with Gasteiger partial charge in [0.1, 0.15) is 23.0 Å². The first-order valence-electron chi connectivity index (χ1n) is 15.1. The molecule has 1 aliphatic carbocycles. The van der Waals surface area contributed by atoms with Crippen LogP contribution in [0.25, 0.3) is 0 Å². The van der Waals surface area contributed by atoms with Gasteiger partial charge in [0.25, 0.3) is 0 Å². The zero-order chi connectivity index (χ0) is 33.5. The molecular formula is C37H36N2O8. The fraction of sp³-hybridized carbons (Fsp3) is 0.243. The number of rotatable bonds is 12. The lowest BCUT2D eigenvalue weighted by Gasteiger charge is -2.48. The van der Waals surface area contributed by atoms with Crippen LogP contribution in [0.4, 0.5) is 0 Å². The van der Waals surface area contributed by atoms with Gasteiger partial charge in [-0.05, 0) is 59.7 Å². The van der Waals surface area contributed by atoms with Crippen molar-refractivity contribution in [2.75, 3.05) is 21.2 Å². The van der Waals surface area contributed by atoms with Crippen molar-refractivity contribution in [1.82, 2.24) is 9.80 Å². The van der Waals surface area contributed by atoms with Crippen molar-refractivity contribution in [3.63, 3.8) is 0 Å². The summed E-state index contributed by atoms with van der Waals surface area (Å²) >= 11 is 0. The van der Waals surface area contributed by atoms with Gasteiger partial charge in [0.05, 0.1) is 30.8 Å². The van der Waals surface area contributed by atoms with E-state index in [1.54, 1.807) is 50.5 Å². The Bertz CT molecular complexity index is 1690. The molecule has 0 saturated heterocycles. The average molecular weight is 637 g/mol. The smallest absolute Gasteiger partial charge is 0.310 e. The molecule has 242 valence electrons. The highest BCUT2D eigenvalue weighted by molar-refractivity contribution is 6.00. The summed E-state index contributed by atoms with van der Waals surface area (Å²) in [6, 6.07) is 33.0. The summed E-state index contributed by atoms with van der Waals surface area (Å²) in [6.45, 7) is 0.324. The number of aliphatic carboxylic acids is 1. The maximum atomic E-state index is 13.8. The van der Waals surface area contributed by atoms with E-state index >= 15 is 0 Å². The molecule has 4 aromatic rings. The van der Waals surface area contributed by atoms with Gasteiger partial charge < -0.3 is 29.1 Å². The van der Waals surface area contributed by atoms with E-state index in [0.717, 1.165) is 18.2 Å². The van der Waals surface area contributed by atoms with Crippen LogP contribution in [-0.4, -0.2) is 59.9 Å². The summed E-state index contributed by atoms with van der Waals surface area (Å²) in [7, 11) is 4.24. The number of amides is 2. The molecular weight excluding hydrogens is 600 g/mol. The summed E-state index contributed by atoms with van der Waals surface area (Å²) < 4.78 is 16.6. The van der Waals surface area contributed by atoms with Crippen molar-refractivity contribution in [2.45, 2.75) is 13.1 Å². The van der Waals surface area contributed by atoms with E-state index in [1.165, 1.54) is 9.80 Å². The summed E-state index contributed by atoms with van der Waals surface area (Å²) in [5.41, 5.74) is 1.56. The number of benzene rings is 4. The third kappa shape index (κ3) is 7.61. The zero-order valence-electron chi connectivity index (χ0n) is 26.3. The number of carboxylic acid groups (broad SMARTS) is 1. The highest BCUT2D eigenvalue weighted by Gasteiger charge is 2.64. The monoisotopic (exact) mass is 636 g/mol. The van der Waals surface area contributed by atoms with Crippen molar-refractivity contribution in [3.05, 3.63) is 120 Å². The first-order chi connectivity index (χ1) is 22.7. The predicted octanol–water partition coefficient (Wildman–Crippen LogP) is 5.62. The molecule has 4 unspecified atom stereocenters. The Morgan fingerprint density at radius 2 is 0.915 bits per heavy atom. The molecule has 10 heteroatoms. The van der Waals surface area contributed by atoms with E-state index in [2.05, 4.69) is 0 Å². The van der Waals surface area contributed by atoms with Gasteiger partial charge in [0, 0.05) is 27.2 Å². The number of carbonyl (C=O) groups is 4. The Morgan fingerprint density at radius 3 is 1.28 bits per heavy atom. The SMILES string of the molecule is COC(=O)C1C(C(=O)O)C(C(=O)N(C)Cc2ccc(Oc3ccccc3)cc2)C1C(=O)N(C)Cc1ccc(Oc2ccccc2)cc1. The van der Waals surface area contributed by atoms with Crippen LogP contribution in [0, 0.1) is 23.7 Å². The maximum Gasteiger partial charge on any atom is 0.310 e. The van der Waals surface area contributed by atoms with E-state index in [4.69, 9.17) is 14.2 Å². The van der Waals surface area contributed by atoms with E-state index in [9.17, 15) is 24.3 Å². The Morgan fingerprint density at radius 1 is 0.553 bits per heavy atom. The van der Waals surface area contributed by atoms with Crippen LogP contribution in [0.2, 0.25) is 0 Å². The van der Waals surface area contributed by atoms with Crippen LogP contribution >= 0.6 is 0 Å². The molecule has 0 aliphatic heterocycles. The number of hydrogen-bond acceptors (Lipinski definition) is 7. The maximum absolute atomic E-state index is 13.8. The number of hydrogen-bond donors (Lipinski definition) is 1. The number of carboxylic acids is 1. The molecule has 1 N–H and O–H groups in total. The molecule has 1 aliphatic rings. The van der Waals surface area contributed by atoms with Gasteiger partial charge in [-0.3, -0.25) is 19.2 Å². The lowest BCUT2D eigenvalue weighted by molar-refractivity contribution is -0.188. The second-order valence-corrected chi connectivity index (χ2v) is 11.5. The van der Waals surface area contributed by atoms with Crippen LogP contribution in [0.3, 0.4) is 0 Å². The van der Waals surface area contributed by atoms with Gasteiger partial charge in [-0.2, -0.15) is 0 Å². The molecule has 10 nitrogen and oxygen atoms in total. The Labute approximate surface area is 273 Å². The summed E-state index contributed by atoms with van der Waals surface area (Å²) in [6.07, 6.45) is 0. The van der Waals surface area contributed by atoms with Crippen molar-refractivity contribution in [2.24, 2.45) is 23.7 Å². The molecule has 4 aromatic carbocycles. The normalized spacial score (nSPS) is 18.3. The Kier molecular flexibility index (Phi) is 10.2. The number of para-hydroxylation sites is 2. The molecule has 0 radical (unpaired) electrons. The average Bonchev–Trinajstić information content (AvgIpc) is 3.06. The van der Waals surface area contributed by atoms with Crippen molar-refractivity contribution < 1.29 is 38.5 Å². The van der Waals surface area contributed by atoms with Gasteiger partial charge in [0.2, 0.25) is 11.8 Å². The molecule has 47 heavy (non-hydrogen) atoms. The molecule has 0 aromatic heterocycles. The van der Waals surface area contributed by atoms with Crippen LogP contribution in [-0.2, 0) is 37.0 Å². The van der Waals surface area contributed by atoms with Crippen molar-refractivity contribution >= 4 is 23.8 Å². The Balaban J connectivity index is 1.28. The van der Waals surface area contributed by atoms with Gasteiger partial charge >= 0.3 is 11.9 Å². The minimum absolute atomic E-state index is 0.157. The summed E-state index contributed by atoms with van der Waals surface area (Å²) in [5.74, 6) is -5.79. The van der Waals surface area contributed by atoms with Crippen molar-refractivity contribution in [1.29, 1.82) is 0 Å². The number of nitrogens with zero attached hydrogens (tertiary/aromatic N) is 2. The highest BCUT2D eigenvalue weighted by Crippen LogP contribution is 2.49. The highest BCUT2D eigenvalue weighted by atomic mass is 16.5. The molecule has 1 saturated carbocycles. The molecule has 5 rings (SSSR count). The number of methoxy groups -OCH3 is 1. The summed E-state index contributed by atoms with van der Waals surface area (Å²) in [5, 5.41) is 10.1. The van der Waals surface area contributed by atoms with Gasteiger partial charge in [0.15, 0.2) is 0 Å². The van der Waals surface area contributed by atoms with Crippen molar-refractivity contribution in [3.8, 4) is 23.0 Å². The van der Waals surface area contributed by atoms with Crippen LogP contribution in [0.15, 0.2) is 109 Å². The lowest BCUT2D eigenvalue weighted by Crippen LogP contribution is -2.63. The minimum Gasteiger partial charge on any atom is -0.481 e. The summed E-state index contributed by atoms with van der Waals surface area (Å²) in [4.78, 5) is 55.5. The molecule has 0 heterocycles. The first-order valence-corrected chi connectivity index (χ1v) is 15.1. The molecule has 0 spiro atoms. The van der Waals surface area contributed by atoms with Gasteiger partial charge in [-0.15, -0.1) is 0 Å². The molecule has 0 bridgehead atoms. The molecule has 1 fully saturated rings. The minimum atomic E-state index is -1.41. The van der Waals surface area contributed by atoms with Crippen LogP contribution in [0.5, 0.6) is 23.0 Å². The van der Waals surface area contributed by atoms with Crippen LogP contribution < -0.4 is 9.47 Å². The number of carbonyl (C=O) groups excluding carboxylic acids is 3. The topological polar surface area (TPSA) is 123 Å². The second kappa shape index (κ2) is 14.6. The fourth-order valence-corrected chi connectivity index (χ4v) is 5.89. The molecule has 2 amide bonds. The second-order valence-electron chi connectivity index (χ2n) is 11.5. The number of ether oxygens (including phenoxy) is 3. The number of esters is 1. The van der Waals surface area contributed by atoms with Gasteiger partial charge in [-0.25, -0.2) is 0 Å². The van der Waals surface area contributed by atoms with E-state index in [1.807, 2.05) is 72.8 Å². The quantitative estimate of drug-likeness (QED) is 0.199. The van der Waals surface area contributed by atoms with Gasteiger partial charge in [-0.1, -0.05) is 60.7 Å². The third-order valence-corrected chi connectivity index (χ3v) is 8.27. The van der Waals surface area contributed by atoms with E-state index < -0.39 is 47.4 Å². The fourth-order valence-electron chi connectivity index (χ4n) is 5.89.